The zero-order valence-corrected chi connectivity index (χ0v) is 13.7. The summed E-state index contributed by atoms with van der Waals surface area (Å²) in [7, 11) is 0. The number of hydrogen-bond donors (Lipinski definition) is 1. The van der Waals surface area contributed by atoms with Gasteiger partial charge in [0.2, 0.25) is 11.6 Å². The van der Waals surface area contributed by atoms with Crippen molar-refractivity contribution in [2.45, 2.75) is 6.04 Å². The number of primary amides is 1. The number of amides is 1. The molecule has 0 unspecified atom stereocenters. The van der Waals surface area contributed by atoms with Crippen LogP contribution in [0, 0.1) is 0 Å². The molecule has 1 aliphatic heterocycles. The van der Waals surface area contributed by atoms with E-state index in [2.05, 4.69) is 25.0 Å². The lowest BCUT2D eigenvalue weighted by molar-refractivity contribution is -0.123. The van der Waals surface area contributed by atoms with Gasteiger partial charge in [-0.05, 0) is 5.56 Å². The second-order valence-electron chi connectivity index (χ2n) is 6.05. The van der Waals surface area contributed by atoms with Gasteiger partial charge in [-0.2, -0.15) is 0 Å². The molecule has 1 atom stereocenters. The molecule has 0 bridgehead atoms. The third kappa shape index (κ3) is 2.91. The highest BCUT2D eigenvalue weighted by atomic mass is 16.1. The molecular formula is C17H19N7O. The molecule has 8 nitrogen and oxygen atoms in total. The average Bonchev–Trinajstić information content (AvgIpc) is 3.12. The standard InChI is InChI=1S/C17H19N7O/c18-15(25)14(13-4-2-1-3-5-13)22-8-10-23(11-9-22)16-17-21-20-12-24(17)7-6-19-16/h1-7,12,14H,8-11H2,(H2,18,25)/t14-/m0/s1. The number of rotatable bonds is 4. The van der Waals surface area contributed by atoms with Crippen molar-refractivity contribution in [3.05, 3.63) is 54.6 Å². The molecule has 8 heteroatoms. The van der Waals surface area contributed by atoms with Crippen molar-refractivity contribution < 1.29 is 4.79 Å². The maximum absolute atomic E-state index is 12.0. The van der Waals surface area contributed by atoms with Crippen LogP contribution in [-0.2, 0) is 4.79 Å². The van der Waals surface area contributed by atoms with Crippen molar-refractivity contribution in [2.24, 2.45) is 5.73 Å². The molecule has 2 aromatic heterocycles. The molecular weight excluding hydrogens is 318 g/mol. The highest BCUT2D eigenvalue weighted by Gasteiger charge is 2.29. The minimum absolute atomic E-state index is 0.322. The van der Waals surface area contributed by atoms with Crippen molar-refractivity contribution in [3.8, 4) is 0 Å². The molecule has 4 rings (SSSR count). The number of fused-ring (bicyclic) bond motifs is 1. The SMILES string of the molecule is NC(=O)[C@H](c1ccccc1)N1CCN(c2nccn3cnnc23)CC1. The van der Waals surface area contributed by atoms with Crippen molar-refractivity contribution >= 4 is 17.4 Å². The van der Waals surface area contributed by atoms with Gasteiger partial charge in [0.1, 0.15) is 12.4 Å². The van der Waals surface area contributed by atoms with Gasteiger partial charge >= 0.3 is 0 Å². The molecule has 1 aliphatic rings. The summed E-state index contributed by atoms with van der Waals surface area (Å²) < 4.78 is 1.85. The van der Waals surface area contributed by atoms with Crippen LogP contribution in [-0.4, -0.2) is 56.6 Å². The Labute approximate surface area is 144 Å². The van der Waals surface area contributed by atoms with E-state index in [9.17, 15) is 4.79 Å². The van der Waals surface area contributed by atoms with Crippen LogP contribution in [0.25, 0.3) is 5.65 Å². The van der Waals surface area contributed by atoms with E-state index in [0.717, 1.165) is 43.2 Å². The van der Waals surface area contributed by atoms with Gasteiger partial charge in [-0.15, -0.1) is 10.2 Å². The first-order valence-corrected chi connectivity index (χ1v) is 8.21. The van der Waals surface area contributed by atoms with Crippen LogP contribution in [0.1, 0.15) is 11.6 Å². The Morgan fingerprint density at radius 1 is 1.12 bits per heavy atom. The molecule has 0 aliphatic carbocycles. The molecule has 0 radical (unpaired) electrons. The van der Waals surface area contributed by atoms with Crippen LogP contribution in [0.3, 0.4) is 0 Å². The van der Waals surface area contributed by atoms with Crippen molar-refractivity contribution in [1.29, 1.82) is 0 Å². The lowest BCUT2D eigenvalue weighted by Crippen LogP contribution is -2.50. The first kappa shape index (κ1) is 15.5. The fourth-order valence-corrected chi connectivity index (χ4v) is 3.35. The van der Waals surface area contributed by atoms with Crippen LogP contribution < -0.4 is 10.6 Å². The average molecular weight is 337 g/mol. The highest BCUT2D eigenvalue weighted by molar-refractivity contribution is 5.81. The van der Waals surface area contributed by atoms with Gasteiger partial charge in [0.25, 0.3) is 0 Å². The van der Waals surface area contributed by atoms with Gasteiger partial charge in [-0.3, -0.25) is 14.1 Å². The normalized spacial score (nSPS) is 16.9. The number of carbonyl (C=O) groups is 1. The molecule has 3 aromatic rings. The van der Waals surface area contributed by atoms with E-state index in [4.69, 9.17) is 5.73 Å². The summed E-state index contributed by atoms with van der Waals surface area (Å²) in [5.41, 5.74) is 7.35. The number of hydrogen-bond acceptors (Lipinski definition) is 6. The van der Waals surface area contributed by atoms with Crippen molar-refractivity contribution in [3.63, 3.8) is 0 Å². The van der Waals surface area contributed by atoms with E-state index in [1.54, 1.807) is 12.5 Å². The number of nitrogens with zero attached hydrogens (tertiary/aromatic N) is 6. The topological polar surface area (TPSA) is 92.7 Å². The summed E-state index contributed by atoms with van der Waals surface area (Å²) >= 11 is 0. The monoisotopic (exact) mass is 337 g/mol. The van der Waals surface area contributed by atoms with Gasteiger partial charge < -0.3 is 10.6 Å². The molecule has 2 N–H and O–H groups in total. The van der Waals surface area contributed by atoms with Crippen LogP contribution in [0.15, 0.2) is 49.1 Å². The Bertz CT molecular complexity index is 871. The third-order valence-corrected chi connectivity index (χ3v) is 4.56. The summed E-state index contributed by atoms with van der Waals surface area (Å²) in [6, 6.07) is 9.28. The Morgan fingerprint density at radius 3 is 2.60 bits per heavy atom. The highest BCUT2D eigenvalue weighted by Crippen LogP contribution is 2.24. The summed E-state index contributed by atoms with van der Waals surface area (Å²) in [5, 5.41) is 8.08. The molecule has 3 heterocycles. The van der Waals surface area contributed by atoms with E-state index >= 15 is 0 Å². The predicted molar refractivity (Wildman–Crippen MR) is 92.9 cm³/mol. The van der Waals surface area contributed by atoms with Gasteiger partial charge in [-0.1, -0.05) is 30.3 Å². The Morgan fingerprint density at radius 2 is 1.88 bits per heavy atom. The van der Waals surface area contributed by atoms with Crippen LogP contribution >= 0.6 is 0 Å². The van der Waals surface area contributed by atoms with E-state index in [1.165, 1.54) is 0 Å². The summed E-state index contributed by atoms with van der Waals surface area (Å²) in [6.45, 7) is 2.94. The van der Waals surface area contributed by atoms with Gasteiger partial charge in [0.15, 0.2) is 5.82 Å². The fraction of sp³-hybridized carbons (Fsp3) is 0.294. The van der Waals surface area contributed by atoms with Crippen LogP contribution in [0.2, 0.25) is 0 Å². The summed E-state index contributed by atoms with van der Waals surface area (Å²) in [6.07, 6.45) is 5.23. The van der Waals surface area contributed by atoms with Crippen molar-refractivity contribution in [1.82, 2.24) is 24.5 Å². The Kier molecular flexibility index (Phi) is 4.02. The maximum Gasteiger partial charge on any atom is 0.239 e. The smallest absolute Gasteiger partial charge is 0.239 e. The third-order valence-electron chi connectivity index (χ3n) is 4.56. The molecule has 1 aromatic carbocycles. The number of anilines is 1. The fourth-order valence-electron chi connectivity index (χ4n) is 3.35. The largest absolute Gasteiger partial charge is 0.368 e. The van der Waals surface area contributed by atoms with Crippen molar-refractivity contribution in [2.75, 3.05) is 31.1 Å². The van der Waals surface area contributed by atoms with E-state index in [1.807, 2.05) is 40.9 Å². The van der Waals surface area contributed by atoms with Gasteiger partial charge in [0.05, 0.1) is 0 Å². The van der Waals surface area contributed by atoms with Gasteiger partial charge in [0, 0.05) is 38.6 Å². The molecule has 25 heavy (non-hydrogen) atoms. The number of nitrogens with two attached hydrogens (primary N) is 1. The summed E-state index contributed by atoms with van der Waals surface area (Å²) in [5.74, 6) is 0.493. The Balaban J connectivity index is 1.53. The van der Waals surface area contributed by atoms with E-state index in [-0.39, 0.29) is 5.91 Å². The molecule has 0 saturated carbocycles. The Hall–Kier alpha value is -3.00. The lowest BCUT2D eigenvalue weighted by Gasteiger charge is -2.38. The molecule has 128 valence electrons. The van der Waals surface area contributed by atoms with Crippen LogP contribution in [0.5, 0.6) is 0 Å². The quantitative estimate of drug-likeness (QED) is 0.744. The molecule has 0 spiro atoms. The zero-order chi connectivity index (χ0) is 17.2. The predicted octanol–water partition coefficient (Wildman–Crippen LogP) is 0.473. The first-order valence-electron chi connectivity index (χ1n) is 8.21. The molecule has 1 amide bonds. The first-order chi connectivity index (χ1) is 12.2. The van der Waals surface area contributed by atoms with Crippen LogP contribution in [0.4, 0.5) is 5.82 Å². The zero-order valence-electron chi connectivity index (χ0n) is 13.7. The number of aromatic nitrogens is 4. The minimum Gasteiger partial charge on any atom is -0.368 e. The molecule has 1 saturated heterocycles. The number of piperazine rings is 1. The van der Waals surface area contributed by atoms with Gasteiger partial charge in [-0.25, -0.2) is 4.98 Å². The second kappa shape index (κ2) is 6.48. The van der Waals surface area contributed by atoms with E-state index in [0.29, 0.717) is 0 Å². The number of carbonyl (C=O) groups excluding carboxylic acids is 1. The summed E-state index contributed by atoms with van der Waals surface area (Å²) in [4.78, 5) is 20.8. The molecule has 1 fully saturated rings. The lowest BCUT2D eigenvalue weighted by atomic mass is 10.0. The van der Waals surface area contributed by atoms with E-state index < -0.39 is 6.04 Å². The number of benzene rings is 1. The second-order valence-corrected chi connectivity index (χ2v) is 6.05. The minimum atomic E-state index is -0.403. The maximum atomic E-state index is 12.0.